The monoisotopic (exact) mass is 259 g/mol. The minimum Gasteiger partial charge on any atom is -0.302 e. The molecule has 82 valence electrons. The van der Waals surface area contributed by atoms with Crippen LogP contribution in [-0.4, -0.2) is 29.4 Å². The Morgan fingerprint density at radius 1 is 1.21 bits per heavy atom. The molecule has 1 nitrogen and oxygen atoms in total. The molecule has 2 heteroatoms. The fourth-order valence-electron chi connectivity index (χ4n) is 3.09. The van der Waals surface area contributed by atoms with E-state index in [2.05, 4.69) is 27.8 Å². The molecule has 2 fully saturated rings. The fourth-order valence-corrected chi connectivity index (χ4v) is 4.14. The first-order chi connectivity index (χ1) is 6.74. The molecule has 0 amide bonds. The first kappa shape index (κ1) is 10.9. The molecule has 0 aromatic carbocycles. The number of likely N-dealkylation sites (tertiary alicyclic amines) is 1. The number of piperidine rings is 1. The van der Waals surface area contributed by atoms with Crippen LogP contribution in [0.5, 0.6) is 0 Å². The van der Waals surface area contributed by atoms with Gasteiger partial charge in [-0.05, 0) is 31.1 Å². The Morgan fingerprint density at radius 2 is 1.93 bits per heavy atom. The highest BCUT2D eigenvalue weighted by molar-refractivity contribution is 9.09. The predicted octanol–water partition coefficient (Wildman–Crippen LogP) is 3.28. The molecule has 0 N–H and O–H groups in total. The maximum Gasteiger partial charge on any atom is 0.0276 e. The van der Waals surface area contributed by atoms with Gasteiger partial charge < -0.3 is 4.90 Å². The average molecular weight is 260 g/mol. The molecule has 1 saturated carbocycles. The highest BCUT2D eigenvalue weighted by atomic mass is 79.9. The summed E-state index contributed by atoms with van der Waals surface area (Å²) in [5, 5.41) is 0. The second-order valence-electron chi connectivity index (χ2n) is 5.31. The van der Waals surface area contributed by atoms with Crippen molar-refractivity contribution in [1.29, 1.82) is 0 Å². The Hall–Kier alpha value is 0.440. The number of hydrogen-bond donors (Lipinski definition) is 0. The predicted molar refractivity (Wildman–Crippen MR) is 64.9 cm³/mol. The number of nitrogens with zero attached hydrogens (tertiary/aromatic N) is 1. The zero-order valence-corrected chi connectivity index (χ0v) is 10.8. The maximum absolute atomic E-state index is 3.78. The molecule has 0 bridgehead atoms. The average Bonchev–Trinajstić information content (AvgIpc) is 2.54. The number of hydrogen-bond acceptors (Lipinski definition) is 1. The van der Waals surface area contributed by atoms with Crippen LogP contribution in [0.3, 0.4) is 0 Å². The highest BCUT2D eigenvalue weighted by Crippen LogP contribution is 2.28. The van der Waals surface area contributed by atoms with Crippen LogP contribution in [0, 0.1) is 11.8 Å². The van der Waals surface area contributed by atoms with Gasteiger partial charge in [0, 0.05) is 24.5 Å². The van der Waals surface area contributed by atoms with Crippen LogP contribution in [0.4, 0.5) is 0 Å². The van der Waals surface area contributed by atoms with E-state index in [1.54, 1.807) is 0 Å². The molecular formula is C12H22BrN. The van der Waals surface area contributed by atoms with Gasteiger partial charge in [-0.15, -0.1) is 0 Å². The van der Waals surface area contributed by atoms with Gasteiger partial charge in [-0.3, -0.25) is 0 Å². The van der Waals surface area contributed by atoms with Crippen molar-refractivity contribution < 1.29 is 0 Å². The molecule has 2 unspecified atom stereocenters. The normalized spacial score (nSPS) is 36.4. The van der Waals surface area contributed by atoms with E-state index in [0.717, 1.165) is 16.7 Å². The van der Waals surface area contributed by atoms with Gasteiger partial charge in [0.15, 0.2) is 0 Å². The molecule has 1 saturated heterocycles. The van der Waals surface area contributed by atoms with E-state index in [4.69, 9.17) is 0 Å². The van der Waals surface area contributed by atoms with Gasteiger partial charge >= 0.3 is 0 Å². The summed E-state index contributed by atoms with van der Waals surface area (Å²) in [4.78, 5) is 3.43. The Labute approximate surface area is 96.4 Å². The van der Waals surface area contributed by atoms with E-state index >= 15 is 0 Å². The molecule has 2 rings (SSSR count). The minimum atomic E-state index is 0.743. The lowest BCUT2D eigenvalue weighted by Crippen LogP contribution is -2.42. The quantitative estimate of drug-likeness (QED) is 0.689. The maximum atomic E-state index is 3.78. The van der Waals surface area contributed by atoms with Gasteiger partial charge in [0.25, 0.3) is 0 Å². The number of rotatable bonds is 2. The molecule has 0 aromatic rings. The third kappa shape index (κ3) is 2.96. The van der Waals surface area contributed by atoms with E-state index in [1.165, 1.54) is 51.7 Å². The van der Waals surface area contributed by atoms with Crippen LogP contribution in [0.2, 0.25) is 0 Å². The summed E-state index contributed by atoms with van der Waals surface area (Å²) >= 11 is 3.78. The van der Waals surface area contributed by atoms with E-state index in [1.807, 2.05) is 0 Å². The van der Waals surface area contributed by atoms with Gasteiger partial charge in [-0.1, -0.05) is 35.7 Å². The second-order valence-corrected chi connectivity index (χ2v) is 6.60. The first-order valence-corrected chi connectivity index (χ1v) is 7.02. The third-order valence-corrected chi connectivity index (χ3v) is 4.34. The molecule has 2 aliphatic rings. The second kappa shape index (κ2) is 4.98. The van der Waals surface area contributed by atoms with Crippen LogP contribution in [-0.2, 0) is 0 Å². The summed E-state index contributed by atoms with van der Waals surface area (Å²) in [6.07, 6.45) is 7.29. The van der Waals surface area contributed by atoms with E-state index in [0.29, 0.717) is 0 Å². The molecular weight excluding hydrogens is 238 g/mol. The molecule has 0 aromatic heterocycles. The van der Waals surface area contributed by atoms with E-state index < -0.39 is 0 Å². The van der Waals surface area contributed by atoms with Crippen molar-refractivity contribution in [2.45, 2.75) is 43.9 Å². The molecule has 1 aliphatic heterocycles. The van der Waals surface area contributed by atoms with Crippen LogP contribution in [0.15, 0.2) is 0 Å². The van der Waals surface area contributed by atoms with Crippen molar-refractivity contribution in [1.82, 2.24) is 4.90 Å². The zero-order valence-electron chi connectivity index (χ0n) is 9.21. The van der Waals surface area contributed by atoms with Gasteiger partial charge in [-0.25, -0.2) is 0 Å². The molecule has 1 heterocycles. The topological polar surface area (TPSA) is 3.24 Å². The summed E-state index contributed by atoms with van der Waals surface area (Å²) in [6, 6.07) is 0. The van der Waals surface area contributed by atoms with Crippen LogP contribution >= 0.6 is 15.9 Å². The van der Waals surface area contributed by atoms with Crippen molar-refractivity contribution >= 4 is 15.9 Å². The molecule has 0 radical (unpaired) electrons. The Bertz CT molecular complexity index is 167. The van der Waals surface area contributed by atoms with Crippen LogP contribution < -0.4 is 0 Å². The molecule has 2 atom stereocenters. The fraction of sp³-hybridized carbons (Fsp3) is 1.00. The van der Waals surface area contributed by atoms with Crippen molar-refractivity contribution in [2.75, 3.05) is 19.6 Å². The smallest absolute Gasteiger partial charge is 0.0276 e. The summed E-state index contributed by atoms with van der Waals surface area (Å²) in [5.74, 6) is 1.90. The first-order valence-electron chi connectivity index (χ1n) is 6.10. The van der Waals surface area contributed by atoms with Crippen molar-refractivity contribution in [3.05, 3.63) is 0 Å². The minimum absolute atomic E-state index is 0.743. The largest absolute Gasteiger partial charge is 0.302 e. The Morgan fingerprint density at radius 3 is 2.57 bits per heavy atom. The van der Waals surface area contributed by atoms with Crippen molar-refractivity contribution in [3.8, 4) is 0 Å². The van der Waals surface area contributed by atoms with Gasteiger partial charge in [0.1, 0.15) is 0 Å². The van der Waals surface area contributed by atoms with Crippen LogP contribution in [0.1, 0.15) is 39.0 Å². The van der Waals surface area contributed by atoms with Crippen molar-refractivity contribution in [2.24, 2.45) is 11.8 Å². The lowest BCUT2D eigenvalue weighted by Gasteiger charge is -2.35. The SMILES string of the molecule is CC1CC(Br)CN(CC2CCCC2)C1. The summed E-state index contributed by atoms with van der Waals surface area (Å²) in [7, 11) is 0. The summed E-state index contributed by atoms with van der Waals surface area (Å²) in [6.45, 7) is 6.36. The zero-order chi connectivity index (χ0) is 9.97. The Kier molecular flexibility index (Phi) is 3.89. The molecule has 14 heavy (non-hydrogen) atoms. The number of halogens is 1. The summed E-state index contributed by atoms with van der Waals surface area (Å²) in [5.41, 5.74) is 0. The van der Waals surface area contributed by atoms with Gasteiger partial charge in [0.2, 0.25) is 0 Å². The Balaban J connectivity index is 1.78. The van der Waals surface area contributed by atoms with Crippen LogP contribution in [0.25, 0.3) is 0 Å². The highest BCUT2D eigenvalue weighted by Gasteiger charge is 2.25. The lowest BCUT2D eigenvalue weighted by atomic mass is 9.98. The lowest BCUT2D eigenvalue weighted by molar-refractivity contribution is 0.166. The molecule has 1 aliphatic carbocycles. The molecule has 0 spiro atoms. The number of alkyl halides is 1. The third-order valence-electron chi connectivity index (χ3n) is 3.68. The van der Waals surface area contributed by atoms with Gasteiger partial charge in [0.05, 0.1) is 0 Å². The van der Waals surface area contributed by atoms with Crippen molar-refractivity contribution in [3.63, 3.8) is 0 Å². The van der Waals surface area contributed by atoms with Gasteiger partial charge in [-0.2, -0.15) is 0 Å². The summed E-state index contributed by atoms with van der Waals surface area (Å²) < 4.78 is 0. The van der Waals surface area contributed by atoms with E-state index in [-0.39, 0.29) is 0 Å². The standard InChI is InChI=1S/C12H22BrN/c1-10-6-12(13)9-14(7-10)8-11-4-2-3-5-11/h10-12H,2-9H2,1H3. The van der Waals surface area contributed by atoms with E-state index in [9.17, 15) is 0 Å².